The molecule has 0 aromatic heterocycles. The largest absolute Gasteiger partial charge is 0.496 e. The Morgan fingerprint density at radius 3 is 2.31 bits per heavy atom. The van der Waals surface area contributed by atoms with Crippen LogP contribution in [0.2, 0.25) is 0 Å². The van der Waals surface area contributed by atoms with Crippen molar-refractivity contribution < 1.29 is 14.3 Å². The molecule has 148 valence electrons. The number of ether oxygens (including phenoxy) is 1. The van der Waals surface area contributed by atoms with Gasteiger partial charge in [-0.3, -0.25) is 9.59 Å². The molecule has 0 heterocycles. The van der Waals surface area contributed by atoms with E-state index in [1.54, 1.807) is 37.6 Å². The van der Waals surface area contributed by atoms with Gasteiger partial charge in [0.15, 0.2) is 0 Å². The molecule has 3 rings (SSSR count). The fourth-order valence-corrected chi connectivity index (χ4v) is 2.80. The van der Waals surface area contributed by atoms with E-state index in [1.165, 1.54) is 0 Å². The third-order valence-corrected chi connectivity index (χ3v) is 4.45. The first-order valence-electron chi connectivity index (χ1n) is 9.29. The predicted molar refractivity (Wildman–Crippen MR) is 115 cm³/mol. The second-order valence-electron chi connectivity index (χ2n) is 6.82. The van der Waals surface area contributed by atoms with E-state index in [-0.39, 0.29) is 17.7 Å². The molecule has 6 nitrogen and oxygen atoms in total. The number of carbonyl (C=O) groups is 2. The van der Waals surface area contributed by atoms with Crippen LogP contribution in [0.4, 0.5) is 5.69 Å². The highest BCUT2D eigenvalue weighted by Gasteiger charge is 2.09. The van der Waals surface area contributed by atoms with Crippen LogP contribution in [0, 0.1) is 5.92 Å². The van der Waals surface area contributed by atoms with Gasteiger partial charge in [-0.05, 0) is 41.8 Å². The summed E-state index contributed by atoms with van der Waals surface area (Å²) in [5, 5.41) is 8.83. The van der Waals surface area contributed by atoms with E-state index < -0.39 is 0 Å². The van der Waals surface area contributed by atoms with Crippen LogP contribution in [0.5, 0.6) is 5.75 Å². The van der Waals surface area contributed by atoms with Crippen molar-refractivity contribution in [2.24, 2.45) is 11.0 Å². The van der Waals surface area contributed by atoms with Gasteiger partial charge < -0.3 is 10.1 Å². The first-order chi connectivity index (χ1) is 14.0. The molecule has 2 N–H and O–H groups in total. The summed E-state index contributed by atoms with van der Waals surface area (Å²) in [6, 6.07) is 18.3. The standard InChI is InChI=1S/C23H23N3O3/c1-15(2)22(27)25-18-11-8-16(9-12-18)23(28)26-24-14-17-10-13-21(29-3)20-7-5-4-6-19(17)20/h4-15H,1-3H3,(H,25,27)(H,26,28)/b24-14+. The van der Waals surface area contributed by atoms with Gasteiger partial charge in [0.25, 0.3) is 5.91 Å². The second-order valence-corrected chi connectivity index (χ2v) is 6.82. The van der Waals surface area contributed by atoms with Crippen molar-refractivity contribution in [1.82, 2.24) is 5.43 Å². The van der Waals surface area contributed by atoms with Crippen LogP contribution in [-0.2, 0) is 4.79 Å². The molecule has 29 heavy (non-hydrogen) atoms. The normalized spacial score (nSPS) is 11.0. The molecule has 0 radical (unpaired) electrons. The highest BCUT2D eigenvalue weighted by Crippen LogP contribution is 2.27. The van der Waals surface area contributed by atoms with Gasteiger partial charge in [-0.2, -0.15) is 5.10 Å². The van der Waals surface area contributed by atoms with Crippen molar-refractivity contribution >= 4 is 34.5 Å². The van der Waals surface area contributed by atoms with Crippen molar-refractivity contribution in [3.8, 4) is 5.75 Å². The third-order valence-electron chi connectivity index (χ3n) is 4.45. The molecule has 2 amide bonds. The Morgan fingerprint density at radius 2 is 1.66 bits per heavy atom. The number of rotatable bonds is 6. The Morgan fingerprint density at radius 1 is 0.966 bits per heavy atom. The number of methoxy groups -OCH3 is 1. The fourth-order valence-electron chi connectivity index (χ4n) is 2.80. The number of amides is 2. The van der Waals surface area contributed by atoms with E-state index in [2.05, 4.69) is 15.8 Å². The molecule has 0 spiro atoms. The maximum absolute atomic E-state index is 12.3. The number of fused-ring (bicyclic) bond motifs is 1. The summed E-state index contributed by atoms with van der Waals surface area (Å²) in [5.74, 6) is 0.270. The minimum Gasteiger partial charge on any atom is -0.496 e. The Bertz CT molecular complexity index is 1060. The topological polar surface area (TPSA) is 79.8 Å². The zero-order chi connectivity index (χ0) is 20.8. The maximum atomic E-state index is 12.3. The summed E-state index contributed by atoms with van der Waals surface area (Å²) in [6.07, 6.45) is 1.61. The molecule has 6 heteroatoms. The van der Waals surface area contributed by atoms with Crippen molar-refractivity contribution in [2.45, 2.75) is 13.8 Å². The molecule has 0 fully saturated rings. The molecule has 3 aromatic carbocycles. The van der Waals surface area contributed by atoms with E-state index >= 15 is 0 Å². The fraction of sp³-hybridized carbons (Fsp3) is 0.174. The maximum Gasteiger partial charge on any atom is 0.271 e. The average molecular weight is 389 g/mol. The van der Waals surface area contributed by atoms with Crippen LogP contribution in [0.3, 0.4) is 0 Å². The summed E-state index contributed by atoms with van der Waals surface area (Å²) in [5.41, 5.74) is 4.50. The van der Waals surface area contributed by atoms with Gasteiger partial charge in [0.2, 0.25) is 5.91 Å². The Kier molecular flexibility index (Phi) is 6.24. The van der Waals surface area contributed by atoms with Gasteiger partial charge in [-0.15, -0.1) is 0 Å². The van der Waals surface area contributed by atoms with Gasteiger partial charge in [-0.1, -0.05) is 38.1 Å². The monoisotopic (exact) mass is 389 g/mol. The first-order valence-corrected chi connectivity index (χ1v) is 9.29. The van der Waals surface area contributed by atoms with Crippen LogP contribution >= 0.6 is 0 Å². The summed E-state index contributed by atoms with van der Waals surface area (Å²) < 4.78 is 5.39. The van der Waals surface area contributed by atoms with E-state index in [0.717, 1.165) is 22.1 Å². The average Bonchev–Trinajstić information content (AvgIpc) is 2.74. The quantitative estimate of drug-likeness (QED) is 0.490. The molecule has 0 bridgehead atoms. The number of hydrogen-bond donors (Lipinski definition) is 2. The number of nitrogens with one attached hydrogen (secondary N) is 2. The zero-order valence-electron chi connectivity index (χ0n) is 16.6. The number of benzene rings is 3. The molecule has 0 unspecified atom stereocenters. The van der Waals surface area contributed by atoms with Crippen LogP contribution in [0.15, 0.2) is 65.8 Å². The zero-order valence-corrected chi connectivity index (χ0v) is 16.6. The van der Waals surface area contributed by atoms with Crippen molar-refractivity contribution in [3.05, 3.63) is 71.8 Å². The molecule has 0 saturated carbocycles. The lowest BCUT2D eigenvalue weighted by Gasteiger charge is -2.08. The smallest absolute Gasteiger partial charge is 0.271 e. The number of nitrogens with zero attached hydrogens (tertiary/aromatic N) is 1. The second kappa shape index (κ2) is 9.01. The third kappa shape index (κ3) is 4.79. The first kappa shape index (κ1) is 20.1. The molecule has 3 aromatic rings. The van der Waals surface area contributed by atoms with Crippen molar-refractivity contribution in [3.63, 3.8) is 0 Å². The van der Waals surface area contributed by atoms with Crippen LogP contribution < -0.4 is 15.5 Å². The summed E-state index contributed by atoms with van der Waals surface area (Å²) in [7, 11) is 1.63. The Hall–Kier alpha value is -3.67. The summed E-state index contributed by atoms with van der Waals surface area (Å²) in [6.45, 7) is 3.64. The van der Waals surface area contributed by atoms with Gasteiger partial charge >= 0.3 is 0 Å². The van der Waals surface area contributed by atoms with Gasteiger partial charge in [0.05, 0.1) is 13.3 Å². The minimum atomic E-state index is -0.333. The highest BCUT2D eigenvalue weighted by molar-refractivity contribution is 6.03. The molecule has 0 saturated heterocycles. The number of anilines is 1. The van der Waals surface area contributed by atoms with E-state index in [4.69, 9.17) is 4.74 Å². The number of hydrazone groups is 1. The lowest BCUT2D eigenvalue weighted by atomic mass is 10.0. The number of carbonyl (C=O) groups excluding carboxylic acids is 2. The van der Waals surface area contributed by atoms with Gasteiger partial charge in [-0.25, -0.2) is 5.43 Å². The minimum absolute atomic E-state index is 0.0708. The van der Waals surface area contributed by atoms with E-state index in [0.29, 0.717) is 11.3 Å². The van der Waals surface area contributed by atoms with Crippen LogP contribution in [0.25, 0.3) is 10.8 Å². The molecule has 0 aliphatic rings. The predicted octanol–water partition coefficient (Wildman–Crippen LogP) is 4.21. The van der Waals surface area contributed by atoms with Crippen molar-refractivity contribution in [1.29, 1.82) is 0 Å². The molecule has 0 aliphatic carbocycles. The highest BCUT2D eigenvalue weighted by atomic mass is 16.5. The van der Waals surface area contributed by atoms with E-state index in [1.807, 2.05) is 50.2 Å². The molecule has 0 atom stereocenters. The lowest BCUT2D eigenvalue weighted by Crippen LogP contribution is -2.19. The van der Waals surface area contributed by atoms with E-state index in [9.17, 15) is 9.59 Å². The lowest BCUT2D eigenvalue weighted by molar-refractivity contribution is -0.118. The molecular weight excluding hydrogens is 366 g/mol. The number of hydrogen-bond acceptors (Lipinski definition) is 4. The van der Waals surface area contributed by atoms with Crippen LogP contribution in [0.1, 0.15) is 29.8 Å². The van der Waals surface area contributed by atoms with Gasteiger partial charge in [0, 0.05) is 28.1 Å². The van der Waals surface area contributed by atoms with Gasteiger partial charge in [0.1, 0.15) is 5.75 Å². The SMILES string of the molecule is COc1ccc(/C=N/NC(=O)c2ccc(NC(=O)C(C)C)cc2)c2ccccc12. The summed E-state index contributed by atoms with van der Waals surface area (Å²) >= 11 is 0. The summed E-state index contributed by atoms with van der Waals surface area (Å²) in [4.78, 5) is 24.0. The Labute approximate surface area is 169 Å². The molecular formula is C23H23N3O3. The Balaban J connectivity index is 1.69. The molecule has 0 aliphatic heterocycles. The van der Waals surface area contributed by atoms with Crippen LogP contribution in [-0.4, -0.2) is 25.1 Å². The van der Waals surface area contributed by atoms with Crippen molar-refractivity contribution in [2.75, 3.05) is 12.4 Å².